The van der Waals surface area contributed by atoms with Gasteiger partial charge in [0.25, 0.3) is 0 Å². The minimum Gasteiger partial charge on any atom is -0.323 e. The van der Waals surface area contributed by atoms with Crippen molar-refractivity contribution < 1.29 is 4.52 Å². The number of fused-ring (bicyclic) bond motifs is 2. The van der Waals surface area contributed by atoms with Crippen LogP contribution < -0.4 is 4.90 Å². The van der Waals surface area contributed by atoms with Crippen LogP contribution in [0.5, 0.6) is 0 Å². The highest BCUT2D eigenvalue weighted by molar-refractivity contribution is 5.27. The van der Waals surface area contributed by atoms with E-state index in [2.05, 4.69) is 40.8 Å². The molecule has 2 bridgehead atoms. The first-order valence-corrected chi connectivity index (χ1v) is 6.95. The lowest BCUT2D eigenvalue weighted by molar-refractivity contribution is 0.254. The van der Waals surface area contributed by atoms with Gasteiger partial charge in [-0.1, -0.05) is 19.0 Å². The SMILES string of the molecule is CC(C)c1noc(N2CC[C@H]3CC[C@@H](C2)N3C)n1. The summed E-state index contributed by atoms with van der Waals surface area (Å²) in [5.41, 5.74) is 0. The third-order valence-corrected chi connectivity index (χ3v) is 4.37. The highest BCUT2D eigenvalue weighted by Gasteiger charge is 2.35. The fourth-order valence-corrected chi connectivity index (χ4v) is 3.07. The van der Waals surface area contributed by atoms with Crippen LogP contribution in [0.4, 0.5) is 6.01 Å². The molecule has 2 fully saturated rings. The summed E-state index contributed by atoms with van der Waals surface area (Å²) in [6.07, 6.45) is 3.84. The van der Waals surface area contributed by atoms with Crippen molar-refractivity contribution in [1.82, 2.24) is 15.0 Å². The molecule has 5 heteroatoms. The fraction of sp³-hybridized carbons (Fsp3) is 0.846. The van der Waals surface area contributed by atoms with E-state index in [1.807, 2.05) is 0 Å². The van der Waals surface area contributed by atoms with Crippen molar-refractivity contribution in [2.75, 3.05) is 25.0 Å². The molecule has 2 saturated heterocycles. The molecular weight excluding hydrogens is 228 g/mol. The van der Waals surface area contributed by atoms with E-state index >= 15 is 0 Å². The predicted molar refractivity (Wildman–Crippen MR) is 69.8 cm³/mol. The van der Waals surface area contributed by atoms with Gasteiger partial charge in [0, 0.05) is 31.1 Å². The molecule has 2 aliphatic rings. The number of rotatable bonds is 2. The Kier molecular flexibility index (Phi) is 3.01. The van der Waals surface area contributed by atoms with Crippen molar-refractivity contribution in [3.8, 4) is 0 Å². The Morgan fingerprint density at radius 1 is 1.22 bits per heavy atom. The van der Waals surface area contributed by atoms with Gasteiger partial charge in [-0.3, -0.25) is 4.90 Å². The van der Waals surface area contributed by atoms with Crippen LogP contribution >= 0.6 is 0 Å². The van der Waals surface area contributed by atoms with Gasteiger partial charge in [-0.15, -0.1) is 0 Å². The number of aromatic nitrogens is 2. The highest BCUT2D eigenvalue weighted by atomic mass is 16.5. The van der Waals surface area contributed by atoms with Gasteiger partial charge in [0.2, 0.25) is 0 Å². The number of anilines is 1. The van der Waals surface area contributed by atoms with Gasteiger partial charge >= 0.3 is 6.01 Å². The topological polar surface area (TPSA) is 45.4 Å². The van der Waals surface area contributed by atoms with Gasteiger partial charge in [-0.25, -0.2) is 0 Å². The number of hydrogen-bond donors (Lipinski definition) is 0. The Labute approximate surface area is 108 Å². The van der Waals surface area contributed by atoms with Crippen molar-refractivity contribution in [3.63, 3.8) is 0 Å². The lowest BCUT2D eigenvalue weighted by atomic mass is 10.1. The molecule has 3 heterocycles. The first kappa shape index (κ1) is 12.0. The van der Waals surface area contributed by atoms with Crippen molar-refractivity contribution in [1.29, 1.82) is 0 Å². The summed E-state index contributed by atoms with van der Waals surface area (Å²) in [5, 5.41) is 4.06. The molecule has 3 rings (SSSR count). The molecule has 1 aromatic heterocycles. The summed E-state index contributed by atoms with van der Waals surface area (Å²) in [4.78, 5) is 9.30. The first-order valence-electron chi connectivity index (χ1n) is 6.95. The Bertz CT molecular complexity index is 417. The number of hydrogen-bond acceptors (Lipinski definition) is 5. The van der Waals surface area contributed by atoms with Crippen LogP contribution in [0.25, 0.3) is 0 Å². The van der Waals surface area contributed by atoms with Crippen molar-refractivity contribution in [2.45, 2.75) is 51.1 Å². The molecular formula is C13H22N4O. The Hall–Kier alpha value is -1.10. The molecule has 0 aromatic carbocycles. The van der Waals surface area contributed by atoms with E-state index in [0.29, 0.717) is 18.0 Å². The minimum atomic E-state index is 0.327. The average Bonchev–Trinajstić information content (AvgIpc) is 2.86. The van der Waals surface area contributed by atoms with E-state index in [9.17, 15) is 0 Å². The summed E-state index contributed by atoms with van der Waals surface area (Å²) < 4.78 is 5.41. The maximum atomic E-state index is 5.41. The normalized spacial score (nSPS) is 29.0. The summed E-state index contributed by atoms with van der Waals surface area (Å²) in [5.74, 6) is 1.14. The quantitative estimate of drug-likeness (QED) is 0.801. The molecule has 0 spiro atoms. The summed E-state index contributed by atoms with van der Waals surface area (Å²) in [6, 6.07) is 2.10. The average molecular weight is 250 g/mol. The van der Waals surface area contributed by atoms with Crippen LogP contribution in [0.15, 0.2) is 4.52 Å². The number of nitrogens with zero attached hydrogens (tertiary/aromatic N) is 4. The molecule has 0 unspecified atom stereocenters. The van der Waals surface area contributed by atoms with E-state index in [0.717, 1.165) is 25.0 Å². The fourth-order valence-electron chi connectivity index (χ4n) is 3.07. The maximum Gasteiger partial charge on any atom is 0.324 e. The lowest BCUT2D eigenvalue weighted by Crippen LogP contribution is -2.36. The van der Waals surface area contributed by atoms with E-state index in [4.69, 9.17) is 4.52 Å². The molecule has 0 amide bonds. The van der Waals surface area contributed by atoms with Crippen LogP contribution in [0.2, 0.25) is 0 Å². The highest BCUT2D eigenvalue weighted by Crippen LogP contribution is 2.30. The molecule has 2 aliphatic heterocycles. The molecule has 1 aromatic rings. The molecule has 0 N–H and O–H groups in total. The molecule has 2 atom stereocenters. The third kappa shape index (κ3) is 2.00. The van der Waals surface area contributed by atoms with E-state index in [1.54, 1.807) is 0 Å². The summed E-state index contributed by atoms with van der Waals surface area (Å²) in [6.45, 7) is 6.23. The standard InChI is InChI=1S/C13H22N4O/c1-9(2)12-14-13(18-15-12)17-7-6-10-4-5-11(8-17)16(10)3/h9-11H,4-8H2,1-3H3/t10-,11+/m1/s1. The third-order valence-electron chi connectivity index (χ3n) is 4.37. The minimum absolute atomic E-state index is 0.327. The second kappa shape index (κ2) is 4.53. The Morgan fingerprint density at radius 2 is 2.00 bits per heavy atom. The molecule has 0 saturated carbocycles. The summed E-state index contributed by atoms with van der Waals surface area (Å²) >= 11 is 0. The van der Waals surface area contributed by atoms with Gasteiger partial charge < -0.3 is 9.42 Å². The summed E-state index contributed by atoms with van der Waals surface area (Å²) in [7, 11) is 2.25. The van der Waals surface area contributed by atoms with E-state index in [-0.39, 0.29) is 0 Å². The van der Waals surface area contributed by atoms with E-state index in [1.165, 1.54) is 19.3 Å². The van der Waals surface area contributed by atoms with Crippen LogP contribution in [-0.2, 0) is 0 Å². The van der Waals surface area contributed by atoms with Gasteiger partial charge in [-0.2, -0.15) is 4.98 Å². The van der Waals surface area contributed by atoms with Crippen molar-refractivity contribution in [2.24, 2.45) is 0 Å². The van der Waals surface area contributed by atoms with Gasteiger partial charge in [-0.05, 0) is 26.3 Å². The van der Waals surface area contributed by atoms with Gasteiger partial charge in [0.15, 0.2) is 5.82 Å². The van der Waals surface area contributed by atoms with Crippen LogP contribution in [0.1, 0.15) is 44.9 Å². The molecule has 0 aliphatic carbocycles. The van der Waals surface area contributed by atoms with Crippen LogP contribution in [0, 0.1) is 0 Å². The van der Waals surface area contributed by atoms with Gasteiger partial charge in [0.1, 0.15) is 0 Å². The molecule has 5 nitrogen and oxygen atoms in total. The van der Waals surface area contributed by atoms with E-state index < -0.39 is 0 Å². The second-order valence-corrected chi connectivity index (χ2v) is 5.88. The maximum absolute atomic E-state index is 5.41. The Morgan fingerprint density at radius 3 is 2.72 bits per heavy atom. The molecule has 0 radical (unpaired) electrons. The second-order valence-electron chi connectivity index (χ2n) is 5.88. The number of likely N-dealkylation sites (N-methyl/N-ethyl adjacent to an activating group) is 1. The first-order chi connectivity index (χ1) is 8.65. The van der Waals surface area contributed by atoms with Crippen molar-refractivity contribution in [3.05, 3.63) is 5.82 Å². The zero-order valence-electron chi connectivity index (χ0n) is 11.5. The Balaban J connectivity index is 1.76. The smallest absolute Gasteiger partial charge is 0.323 e. The molecule has 100 valence electrons. The zero-order valence-corrected chi connectivity index (χ0v) is 11.5. The van der Waals surface area contributed by atoms with Crippen LogP contribution in [0.3, 0.4) is 0 Å². The van der Waals surface area contributed by atoms with Gasteiger partial charge in [0.05, 0.1) is 0 Å². The zero-order chi connectivity index (χ0) is 12.7. The lowest BCUT2D eigenvalue weighted by Gasteiger charge is -2.23. The largest absolute Gasteiger partial charge is 0.324 e. The van der Waals surface area contributed by atoms with Crippen LogP contribution in [-0.4, -0.2) is 47.3 Å². The molecule has 18 heavy (non-hydrogen) atoms. The monoisotopic (exact) mass is 250 g/mol. The van der Waals surface area contributed by atoms with Crippen molar-refractivity contribution >= 4 is 6.01 Å². The predicted octanol–water partition coefficient (Wildman–Crippen LogP) is 1.87.